The third-order valence-corrected chi connectivity index (χ3v) is 2.77. The maximum absolute atomic E-state index is 13.0. The summed E-state index contributed by atoms with van der Waals surface area (Å²) in [4.78, 5) is 0. The van der Waals surface area contributed by atoms with E-state index in [0.717, 1.165) is 4.47 Å². The number of benzene rings is 1. The standard InChI is InChI=1S/C12H17BrFNO2/c1-8(2)17-7-10(16)6-15-12-5-9(14)3-4-11(12)13/h3-5,8,10,15-16H,6-7H2,1-2H3. The zero-order valence-corrected chi connectivity index (χ0v) is 11.5. The van der Waals surface area contributed by atoms with Gasteiger partial charge in [-0.3, -0.25) is 0 Å². The zero-order chi connectivity index (χ0) is 12.8. The minimum atomic E-state index is -0.618. The average molecular weight is 306 g/mol. The second-order valence-corrected chi connectivity index (χ2v) is 4.90. The lowest BCUT2D eigenvalue weighted by atomic mass is 10.3. The van der Waals surface area contributed by atoms with Crippen LogP contribution in [0.15, 0.2) is 22.7 Å². The molecular weight excluding hydrogens is 289 g/mol. The predicted molar refractivity (Wildman–Crippen MR) is 69.7 cm³/mol. The Morgan fingerprint density at radius 1 is 1.47 bits per heavy atom. The van der Waals surface area contributed by atoms with Gasteiger partial charge in [0.2, 0.25) is 0 Å². The summed E-state index contributed by atoms with van der Waals surface area (Å²) in [6.45, 7) is 4.39. The van der Waals surface area contributed by atoms with Crippen molar-refractivity contribution in [3.63, 3.8) is 0 Å². The van der Waals surface area contributed by atoms with Gasteiger partial charge in [-0.25, -0.2) is 4.39 Å². The van der Waals surface area contributed by atoms with Crippen molar-refractivity contribution in [3.8, 4) is 0 Å². The van der Waals surface area contributed by atoms with Crippen LogP contribution in [0.5, 0.6) is 0 Å². The van der Waals surface area contributed by atoms with Gasteiger partial charge in [0.25, 0.3) is 0 Å². The number of aliphatic hydroxyl groups is 1. The van der Waals surface area contributed by atoms with Crippen molar-refractivity contribution < 1.29 is 14.2 Å². The van der Waals surface area contributed by atoms with E-state index in [4.69, 9.17) is 4.74 Å². The fourth-order valence-corrected chi connectivity index (χ4v) is 1.61. The summed E-state index contributed by atoms with van der Waals surface area (Å²) in [5.41, 5.74) is 0.619. The van der Waals surface area contributed by atoms with Crippen LogP contribution in [-0.2, 0) is 4.74 Å². The first-order valence-electron chi connectivity index (χ1n) is 5.47. The second-order valence-electron chi connectivity index (χ2n) is 4.04. The van der Waals surface area contributed by atoms with Crippen molar-refractivity contribution in [2.75, 3.05) is 18.5 Å². The third kappa shape index (κ3) is 5.48. The normalized spacial score (nSPS) is 12.8. The highest BCUT2D eigenvalue weighted by molar-refractivity contribution is 9.10. The molecular formula is C12H17BrFNO2. The molecule has 2 N–H and O–H groups in total. The maximum Gasteiger partial charge on any atom is 0.125 e. The fourth-order valence-electron chi connectivity index (χ4n) is 1.22. The summed E-state index contributed by atoms with van der Waals surface area (Å²) >= 11 is 3.30. The first kappa shape index (κ1) is 14.4. The lowest BCUT2D eigenvalue weighted by molar-refractivity contribution is 0.0112. The maximum atomic E-state index is 13.0. The molecule has 1 atom stereocenters. The highest BCUT2D eigenvalue weighted by Crippen LogP contribution is 2.22. The van der Waals surface area contributed by atoms with Crippen molar-refractivity contribution >= 4 is 21.6 Å². The van der Waals surface area contributed by atoms with Gasteiger partial charge in [0, 0.05) is 11.0 Å². The first-order chi connectivity index (χ1) is 7.99. The number of aliphatic hydroxyl groups excluding tert-OH is 1. The van der Waals surface area contributed by atoms with Crippen LogP contribution >= 0.6 is 15.9 Å². The minimum absolute atomic E-state index is 0.0885. The molecule has 96 valence electrons. The molecule has 1 aromatic rings. The van der Waals surface area contributed by atoms with Gasteiger partial charge in [0.05, 0.1) is 24.5 Å². The zero-order valence-electron chi connectivity index (χ0n) is 9.91. The van der Waals surface area contributed by atoms with E-state index in [1.807, 2.05) is 13.8 Å². The molecule has 0 spiro atoms. The van der Waals surface area contributed by atoms with E-state index < -0.39 is 6.10 Å². The first-order valence-corrected chi connectivity index (χ1v) is 6.27. The summed E-state index contributed by atoms with van der Waals surface area (Å²) in [6.07, 6.45) is -0.530. The topological polar surface area (TPSA) is 41.5 Å². The predicted octanol–water partition coefficient (Wildman–Crippen LogP) is 2.79. The molecule has 0 aromatic heterocycles. The summed E-state index contributed by atoms with van der Waals surface area (Å²) in [5.74, 6) is -0.316. The van der Waals surface area contributed by atoms with Gasteiger partial charge in [-0.1, -0.05) is 0 Å². The van der Waals surface area contributed by atoms with E-state index in [9.17, 15) is 9.50 Å². The molecule has 17 heavy (non-hydrogen) atoms. The van der Waals surface area contributed by atoms with Gasteiger partial charge in [0.1, 0.15) is 5.82 Å². The molecule has 0 amide bonds. The quantitative estimate of drug-likeness (QED) is 0.849. The molecule has 0 aliphatic heterocycles. The van der Waals surface area contributed by atoms with E-state index in [0.29, 0.717) is 12.2 Å². The number of hydrogen-bond donors (Lipinski definition) is 2. The Hall–Kier alpha value is -0.650. The van der Waals surface area contributed by atoms with E-state index >= 15 is 0 Å². The molecule has 0 saturated heterocycles. The molecule has 0 saturated carbocycles. The smallest absolute Gasteiger partial charge is 0.125 e. The Bertz CT molecular complexity index is 360. The Kier molecular flexibility index (Phi) is 5.88. The Labute approximate surface area is 109 Å². The monoisotopic (exact) mass is 305 g/mol. The molecule has 0 aliphatic rings. The van der Waals surface area contributed by atoms with Crippen LogP contribution < -0.4 is 5.32 Å². The van der Waals surface area contributed by atoms with Crippen molar-refractivity contribution in [1.29, 1.82) is 0 Å². The van der Waals surface area contributed by atoms with Gasteiger partial charge in [0.15, 0.2) is 0 Å². The van der Waals surface area contributed by atoms with Gasteiger partial charge < -0.3 is 15.2 Å². The van der Waals surface area contributed by atoms with Crippen molar-refractivity contribution in [3.05, 3.63) is 28.5 Å². The third-order valence-electron chi connectivity index (χ3n) is 2.08. The van der Waals surface area contributed by atoms with Crippen LogP contribution in [0.1, 0.15) is 13.8 Å². The minimum Gasteiger partial charge on any atom is -0.389 e. The molecule has 0 radical (unpaired) electrons. The van der Waals surface area contributed by atoms with Crippen molar-refractivity contribution in [2.45, 2.75) is 26.1 Å². The Morgan fingerprint density at radius 2 is 2.18 bits per heavy atom. The SMILES string of the molecule is CC(C)OCC(O)CNc1cc(F)ccc1Br. The van der Waals surface area contributed by atoms with E-state index in [1.54, 1.807) is 6.07 Å². The number of hydrogen-bond acceptors (Lipinski definition) is 3. The van der Waals surface area contributed by atoms with E-state index in [1.165, 1.54) is 12.1 Å². The molecule has 1 unspecified atom stereocenters. The van der Waals surface area contributed by atoms with Crippen LogP contribution in [0.2, 0.25) is 0 Å². The van der Waals surface area contributed by atoms with Crippen LogP contribution in [0.3, 0.4) is 0 Å². The van der Waals surface area contributed by atoms with Crippen LogP contribution in [0, 0.1) is 5.82 Å². The lowest BCUT2D eigenvalue weighted by Crippen LogP contribution is -2.26. The van der Waals surface area contributed by atoms with E-state index in [2.05, 4.69) is 21.2 Å². The lowest BCUT2D eigenvalue weighted by Gasteiger charge is -2.15. The average Bonchev–Trinajstić information content (AvgIpc) is 2.27. The van der Waals surface area contributed by atoms with Crippen molar-refractivity contribution in [2.24, 2.45) is 0 Å². The van der Waals surface area contributed by atoms with E-state index in [-0.39, 0.29) is 18.5 Å². The number of halogens is 2. The number of rotatable bonds is 6. The van der Waals surface area contributed by atoms with Crippen molar-refractivity contribution in [1.82, 2.24) is 0 Å². The number of nitrogens with one attached hydrogen (secondary N) is 1. The molecule has 0 aliphatic carbocycles. The second kappa shape index (κ2) is 6.93. The summed E-state index contributed by atoms with van der Waals surface area (Å²) < 4.78 is 19.0. The van der Waals surface area contributed by atoms with Crippen LogP contribution in [0.4, 0.5) is 10.1 Å². The summed E-state index contributed by atoms with van der Waals surface area (Å²) in [5, 5.41) is 12.6. The number of ether oxygens (including phenoxy) is 1. The Balaban J connectivity index is 2.41. The fraction of sp³-hybridized carbons (Fsp3) is 0.500. The van der Waals surface area contributed by atoms with Crippen LogP contribution in [-0.4, -0.2) is 30.5 Å². The number of anilines is 1. The largest absolute Gasteiger partial charge is 0.389 e. The van der Waals surface area contributed by atoms with Gasteiger partial charge in [-0.2, -0.15) is 0 Å². The molecule has 5 heteroatoms. The molecule has 1 rings (SSSR count). The summed E-state index contributed by atoms with van der Waals surface area (Å²) in [6, 6.07) is 4.36. The van der Waals surface area contributed by atoms with Gasteiger partial charge in [-0.05, 0) is 48.0 Å². The summed E-state index contributed by atoms with van der Waals surface area (Å²) in [7, 11) is 0. The highest BCUT2D eigenvalue weighted by Gasteiger charge is 2.07. The highest BCUT2D eigenvalue weighted by atomic mass is 79.9. The molecule has 0 fully saturated rings. The Morgan fingerprint density at radius 3 is 2.82 bits per heavy atom. The molecule has 1 aromatic carbocycles. The van der Waals surface area contributed by atoms with Crippen LogP contribution in [0.25, 0.3) is 0 Å². The molecule has 0 bridgehead atoms. The molecule has 3 nitrogen and oxygen atoms in total. The van der Waals surface area contributed by atoms with Gasteiger partial charge >= 0.3 is 0 Å². The van der Waals surface area contributed by atoms with Gasteiger partial charge in [-0.15, -0.1) is 0 Å². The molecule has 0 heterocycles.